The minimum Gasteiger partial charge on any atom is -0.385 e. The van der Waals surface area contributed by atoms with Crippen LogP contribution in [0.4, 0.5) is 0 Å². The highest BCUT2D eigenvalue weighted by molar-refractivity contribution is 5.79. The molecule has 0 spiro atoms. The summed E-state index contributed by atoms with van der Waals surface area (Å²) in [5.41, 5.74) is 7.11. The van der Waals surface area contributed by atoms with Gasteiger partial charge in [-0.25, -0.2) is 0 Å². The molecule has 8 nitrogen and oxygen atoms in total. The van der Waals surface area contributed by atoms with Crippen molar-refractivity contribution < 1.29 is 24.2 Å². The standard InChI is InChI=1S/C29H38N2O6.C12H10/c1-35-16-6-11-25-9-2-3-10-26(25)19-29(13-14-29)22-36-27-12-5-15-30(20-27)28(32)18-23-7-4-8-24(17-23)21-37-31(33)34;1-3-7-11(8-4-1)12-9-5-2-6-10-12/h2-4,7-10,17,27H,5-6,11-16,18-22H2,1H3;1-10H. The topological polar surface area (TPSA) is 91.1 Å². The minimum absolute atomic E-state index is 0.0618. The second-order valence-corrected chi connectivity index (χ2v) is 13.2. The van der Waals surface area contributed by atoms with E-state index in [-0.39, 0.29) is 30.5 Å². The van der Waals surface area contributed by atoms with Gasteiger partial charge in [0.25, 0.3) is 5.09 Å². The Kier molecular flexibility index (Phi) is 13.4. The molecule has 0 aromatic heterocycles. The van der Waals surface area contributed by atoms with Crippen molar-refractivity contribution in [3.63, 3.8) is 0 Å². The maximum atomic E-state index is 13.0. The first kappa shape index (κ1) is 35.8. The average molecular weight is 665 g/mol. The Morgan fingerprint density at radius 2 is 1.53 bits per heavy atom. The van der Waals surface area contributed by atoms with Crippen LogP contribution in [0, 0.1) is 15.5 Å². The fourth-order valence-corrected chi connectivity index (χ4v) is 6.43. The number of benzene rings is 4. The van der Waals surface area contributed by atoms with E-state index in [0.717, 1.165) is 57.4 Å². The number of hydrogen-bond donors (Lipinski definition) is 0. The molecule has 4 aromatic carbocycles. The van der Waals surface area contributed by atoms with Gasteiger partial charge >= 0.3 is 0 Å². The molecule has 0 bridgehead atoms. The number of aryl methyl sites for hydroxylation is 1. The molecular formula is C41H48N2O6. The Balaban J connectivity index is 0.000000325. The molecule has 49 heavy (non-hydrogen) atoms. The average Bonchev–Trinajstić information content (AvgIpc) is 3.91. The highest BCUT2D eigenvalue weighted by Gasteiger charge is 2.44. The first-order valence-corrected chi connectivity index (χ1v) is 17.3. The third-order valence-electron chi connectivity index (χ3n) is 9.36. The lowest BCUT2D eigenvalue weighted by Gasteiger charge is -2.34. The molecule has 258 valence electrons. The highest BCUT2D eigenvalue weighted by atomic mass is 16.9. The molecule has 1 atom stereocenters. The van der Waals surface area contributed by atoms with Crippen LogP contribution in [0.5, 0.6) is 0 Å². The third-order valence-corrected chi connectivity index (χ3v) is 9.36. The van der Waals surface area contributed by atoms with Gasteiger partial charge in [-0.15, -0.1) is 10.1 Å². The maximum absolute atomic E-state index is 13.0. The van der Waals surface area contributed by atoms with Gasteiger partial charge < -0.3 is 19.2 Å². The summed E-state index contributed by atoms with van der Waals surface area (Å²) in [7, 11) is 1.75. The predicted molar refractivity (Wildman–Crippen MR) is 191 cm³/mol. The van der Waals surface area contributed by atoms with Gasteiger partial charge in [-0.05, 0) is 83.7 Å². The molecule has 1 amide bonds. The normalized spacial score (nSPS) is 16.3. The molecule has 1 unspecified atom stereocenters. The minimum atomic E-state index is -0.806. The summed E-state index contributed by atoms with van der Waals surface area (Å²) < 4.78 is 11.7. The molecule has 8 heteroatoms. The van der Waals surface area contributed by atoms with E-state index in [1.165, 1.54) is 35.1 Å². The Hall–Kier alpha value is -4.53. The highest BCUT2D eigenvalue weighted by Crippen LogP contribution is 2.49. The Morgan fingerprint density at radius 1 is 0.878 bits per heavy atom. The van der Waals surface area contributed by atoms with Crippen LogP contribution in [0.2, 0.25) is 0 Å². The van der Waals surface area contributed by atoms with E-state index in [4.69, 9.17) is 9.47 Å². The summed E-state index contributed by atoms with van der Waals surface area (Å²) in [6, 6.07) is 36.7. The van der Waals surface area contributed by atoms with Gasteiger partial charge in [0.15, 0.2) is 0 Å². The van der Waals surface area contributed by atoms with E-state index in [2.05, 4.69) is 77.6 Å². The van der Waals surface area contributed by atoms with Crippen molar-refractivity contribution in [2.24, 2.45) is 5.41 Å². The first-order valence-electron chi connectivity index (χ1n) is 17.3. The van der Waals surface area contributed by atoms with E-state index in [1.807, 2.05) is 23.1 Å². The van der Waals surface area contributed by atoms with Crippen molar-refractivity contribution in [1.29, 1.82) is 0 Å². The number of carbonyl (C=O) groups is 1. The van der Waals surface area contributed by atoms with E-state index in [9.17, 15) is 14.9 Å². The Labute approximate surface area is 290 Å². The second-order valence-electron chi connectivity index (χ2n) is 13.2. The molecule has 2 fully saturated rings. The number of methoxy groups -OCH3 is 1. The molecule has 6 rings (SSSR count). The number of amides is 1. The van der Waals surface area contributed by atoms with Crippen LogP contribution in [-0.2, 0) is 45.0 Å². The van der Waals surface area contributed by atoms with Gasteiger partial charge in [-0.1, -0.05) is 109 Å². The second kappa shape index (κ2) is 18.3. The van der Waals surface area contributed by atoms with Crippen molar-refractivity contribution >= 4 is 5.91 Å². The van der Waals surface area contributed by atoms with Crippen molar-refractivity contribution in [3.05, 3.63) is 142 Å². The lowest BCUT2D eigenvalue weighted by atomic mass is 9.92. The van der Waals surface area contributed by atoms with Crippen LogP contribution in [0.1, 0.15) is 54.4 Å². The lowest BCUT2D eigenvalue weighted by molar-refractivity contribution is -0.763. The van der Waals surface area contributed by atoms with E-state index < -0.39 is 5.09 Å². The van der Waals surface area contributed by atoms with Crippen LogP contribution < -0.4 is 0 Å². The zero-order valence-corrected chi connectivity index (χ0v) is 28.5. The molecule has 1 saturated carbocycles. The van der Waals surface area contributed by atoms with Crippen LogP contribution in [0.3, 0.4) is 0 Å². The van der Waals surface area contributed by atoms with Crippen molar-refractivity contribution in [1.82, 2.24) is 4.90 Å². The first-order chi connectivity index (χ1) is 23.9. The van der Waals surface area contributed by atoms with E-state index >= 15 is 0 Å². The monoisotopic (exact) mass is 664 g/mol. The van der Waals surface area contributed by atoms with Gasteiger partial charge in [0.2, 0.25) is 5.91 Å². The van der Waals surface area contributed by atoms with Crippen LogP contribution in [0.15, 0.2) is 109 Å². The van der Waals surface area contributed by atoms with Crippen LogP contribution in [0.25, 0.3) is 11.1 Å². The molecular weight excluding hydrogens is 616 g/mol. The zero-order chi connectivity index (χ0) is 34.3. The number of piperidine rings is 1. The molecule has 2 aliphatic rings. The molecule has 1 saturated heterocycles. The van der Waals surface area contributed by atoms with Crippen molar-refractivity contribution in [2.45, 2.75) is 64.1 Å². The summed E-state index contributed by atoms with van der Waals surface area (Å²) in [6.07, 6.45) is 7.71. The van der Waals surface area contributed by atoms with Crippen LogP contribution in [-0.4, -0.2) is 55.4 Å². The van der Waals surface area contributed by atoms with Crippen LogP contribution >= 0.6 is 0 Å². The summed E-state index contributed by atoms with van der Waals surface area (Å²) in [5, 5.41) is 9.65. The Morgan fingerprint density at radius 3 is 2.18 bits per heavy atom. The summed E-state index contributed by atoms with van der Waals surface area (Å²) in [6.45, 7) is 2.76. The summed E-state index contributed by atoms with van der Waals surface area (Å²) >= 11 is 0. The largest absolute Gasteiger partial charge is 0.385 e. The third kappa shape index (κ3) is 11.5. The quantitative estimate of drug-likeness (QED) is 0.0729. The molecule has 0 radical (unpaired) electrons. The summed E-state index contributed by atoms with van der Waals surface area (Å²) in [4.78, 5) is 29.8. The lowest BCUT2D eigenvalue weighted by Crippen LogP contribution is -2.44. The summed E-state index contributed by atoms with van der Waals surface area (Å²) in [5.74, 6) is 0.0618. The number of hydrogen-bond acceptors (Lipinski definition) is 6. The zero-order valence-electron chi connectivity index (χ0n) is 28.5. The van der Waals surface area contributed by atoms with E-state index in [0.29, 0.717) is 12.1 Å². The smallest absolute Gasteiger partial charge is 0.294 e. The molecule has 1 heterocycles. The van der Waals surface area contributed by atoms with Crippen molar-refractivity contribution in [3.8, 4) is 11.1 Å². The van der Waals surface area contributed by atoms with Gasteiger partial charge in [0.05, 0.1) is 19.1 Å². The SMILES string of the molecule is COCCCc1ccccc1CC1(COC2CCCN(C(=O)Cc3cccc(CO[N+](=O)[O-])c3)C2)CC1.c1ccc(-c2ccccc2)cc1. The number of rotatable bonds is 15. The number of ether oxygens (including phenoxy) is 2. The molecule has 1 aliphatic heterocycles. The van der Waals surface area contributed by atoms with Gasteiger partial charge in [0.1, 0.15) is 6.61 Å². The van der Waals surface area contributed by atoms with Crippen molar-refractivity contribution in [2.75, 3.05) is 33.4 Å². The number of nitrogens with zero attached hydrogens (tertiary/aromatic N) is 2. The molecule has 4 aromatic rings. The number of likely N-dealkylation sites (tertiary alicyclic amines) is 1. The van der Waals surface area contributed by atoms with Gasteiger partial charge in [-0.3, -0.25) is 4.79 Å². The van der Waals surface area contributed by atoms with Gasteiger partial charge in [-0.2, -0.15) is 0 Å². The predicted octanol–water partition coefficient (Wildman–Crippen LogP) is 7.90. The molecule has 0 N–H and O–H groups in total. The van der Waals surface area contributed by atoms with E-state index in [1.54, 1.807) is 25.3 Å². The fourth-order valence-electron chi connectivity index (χ4n) is 6.43. The maximum Gasteiger partial charge on any atom is 0.294 e. The van der Waals surface area contributed by atoms with Gasteiger partial charge in [0, 0.05) is 26.8 Å². The fraction of sp³-hybridized carbons (Fsp3) is 0.390. The molecule has 1 aliphatic carbocycles. The number of carbonyl (C=O) groups excluding carboxylic acids is 1. The Bertz CT molecular complexity index is 1570.